The van der Waals surface area contributed by atoms with E-state index in [2.05, 4.69) is 32.2 Å². The Hall–Kier alpha value is -1.36. The summed E-state index contributed by atoms with van der Waals surface area (Å²) in [6.07, 6.45) is 1.98. The van der Waals surface area contributed by atoms with Gasteiger partial charge >= 0.3 is 0 Å². The van der Waals surface area contributed by atoms with E-state index in [-0.39, 0.29) is 11.8 Å². The number of hydrogen-bond donors (Lipinski definition) is 1. The third kappa shape index (κ3) is 4.82. The van der Waals surface area contributed by atoms with Crippen molar-refractivity contribution < 1.29 is 4.79 Å². The van der Waals surface area contributed by atoms with E-state index in [1.54, 1.807) is 0 Å². The molecule has 24 heavy (non-hydrogen) atoms. The summed E-state index contributed by atoms with van der Waals surface area (Å²) in [5.74, 6) is 0.126. The third-order valence-electron chi connectivity index (χ3n) is 4.26. The molecule has 0 radical (unpaired) electrons. The Morgan fingerprint density at radius 1 is 1.25 bits per heavy atom. The fraction of sp³-hybridized carbons (Fsp3) is 0.316. The van der Waals surface area contributed by atoms with Gasteiger partial charge < -0.3 is 5.32 Å². The van der Waals surface area contributed by atoms with Crippen LogP contribution in [-0.2, 0) is 11.3 Å². The molecule has 1 aliphatic heterocycles. The second kappa shape index (κ2) is 8.15. The van der Waals surface area contributed by atoms with Crippen molar-refractivity contribution in [1.29, 1.82) is 0 Å². The summed E-state index contributed by atoms with van der Waals surface area (Å²) >= 11 is 9.49. The molecule has 1 saturated heterocycles. The second-order valence-electron chi connectivity index (χ2n) is 6.20. The van der Waals surface area contributed by atoms with E-state index in [1.807, 2.05) is 42.5 Å². The normalized spacial score (nSPS) is 18.3. The number of hydrogen-bond acceptors (Lipinski definition) is 2. The quantitative estimate of drug-likeness (QED) is 0.777. The maximum atomic E-state index is 12.6. The first kappa shape index (κ1) is 17.5. The van der Waals surface area contributed by atoms with Crippen LogP contribution in [0.3, 0.4) is 0 Å². The van der Waals surface area contributed by atoms with Crippen molar-refractivity contribution in [3.63, 3.8) is 0 Å². The highest BCUT2D eigenvalue weighted by atomic mass is 79.9. The van der Waals surface area contributed by atoms with Crippen LogP contribution in [0.25, 0.3) is 0 Å². The summed E-state index contributed by atoms with van der Waals surface area (Å²) in [6.45, 7) is 2.64. The topological polar surface area (TPSA) is 32.3 Å². The van der Waals surface area contributed by atoms with Crippen LogP contribution in [0.2, 0.25) is 5.02 Å². The van der Waals surface area contributed by atoms with Gasteiger partial charge in [-0.3, -0.25) is 9.69 Å². The molecule has 3 rings (SSSR count). The number of nitrogens with zero attached hydrogens (tertiary/aromatic N) is 1. The number of piperidine rings is 1. The molecule has 0 bridgehead atoms. The van der Waals surface area contributed by atoms with Gasteiger partial charge in [-0.2, -0.15) is 0 Å². The Morgan fingerprint density at radius 2 is 2.08 bits per heavy atom. The Balaban J connectivity index is 1.59. The molecule has 2 aromatic carbocycles. The fourth-order valence-electron chi connectivity index (χ4n) is 3.12. The molecule has 1 N–H and O–H groups in total. The lowest BCUT2D eigenvalue weighted by Crippen LogP contribution is -2.40. The standard InChI is InChI=1S/C19H20BrClN2O/c20-16-6-2-8-18(11-16)22-19(24)15-5-3-9-23(13-15)12-14-4-1-7-17(21)10-14/h1-2,4,6-8,10-11,15H,3,5,9,12-13H2,(H,22,24). The molecule has 0 saturated carbocycles. The summed E-state index contributed by atoms with van der Waals surface area (Å²) in [5.41, 5.74) is 2.02. The van der Waals surface area contributed by atoms with Gasteiger partial charge in [0, 0.05) is 28.3 Å². The van der Waals surface area contributed by atoms with Crippen LogP contribution < -0.4 is 5.32 Å². The summed E-state index contributed by atoms with van der Waals surface area (Å²) in [6, 6.07) is 15.6. The third-order valence-corrected chi connectivity index (χ3v) is 4.99. The van der Waals surface area contributed by atoms with Crippen molar-refractivity contribution >= 4 is 39.1 Å². The van der Waals surface area contributed by atoms with Gasteiger partial charge in [0.15, 0.2) is 0 Å². The predicted molar refractivity (Wildman–Crippen MR) is 102 cm³/mol. The van der Waals surface area contributed by atoms with E-state index in [9.17, 15) is 4.79 Å². The molecular formula is C19H20BrClN2O. The molecule has 1 aliphatic rings. The van der Waals surface area contributed by atoms with Crippen molar-refractivity contribution in [2.24, 2.45) is 5.92 Å². The Labute approximate surface area is 156 Å². The molecular weight excluding hydrogens is 388 g/mol. The van der Waals surface area contributed by atoms with E-state index in [0.29, 0.717) is 0 Å². The van der Waals surface area contributed by atoms with Gasteiger partial charge in [-0.1, -0.05) is 45.7 Å². The molecule has 1 unspecified atom stereocenters. The SMILES string of the molecule is O=C(Nc1cccc(Br)c1)C1CCCN(Cc2cccc(Cl)c2)C1. The Morgan fingerprint density at radius 3 is 2.88 bits per heavy atom. The molecule has 0 aromatic heterocycles. The van der Waals surface area contributed by atoms with Gasteiger partial charge in [-0.15, -0.1) is 0 Å². The van der Waals surface area contributed by atoms with Gasteiger partial charge in [0.05, 0.1) is 5.92 Å². The minimum atomic E-state index is 0.0249. The zero-order valence-corrected chi connectivity index (χ0v) is 15.7. The number of rotatable bonds is 4. The van der Waals surface area contributed by atoms with E-state index >= 15 is 0 Å². The lowest BCUT2D eigenvalue weighted by molar-refractivity contribution is -0.121. The van der Waals surface area contributed by atoms with Crippen LogP contribution in [0.5, 0.6) is 0 Å². The summed E-state index contributed by atoms with van der Waals surface area (Å²) in [7, 11) is 0. The van der Waals surface area contributed by atoms with Crippen molar-refractivity contribution in [2.75, 3.05) is 18.4 Å². The van der Waals surface area contributed by atoms with Crippen LogP contribution in [-0.4, -0.2) is 23.9 Å². The minimum absolute atomic E-state index is 0.0249. The first-order chi connectivity index (χ1) is 11.6. The van der Waals surface area contributed by atoms with Crippen molar-refractivity contribution in [2.45, 2.75) is 19.4 Å². The monoisotopic (exact) mass is 406 g/mol. The van der Waals surface area contributed by atoms with E-state index < -0.39 is 0 Å². The molecule has 1 amide bonds. The predicted octanol–water partition coefficient (Wildman–Crippen LogP) is 4.95. The first-order valence-corrected chi connectivity index (χ1v) is 9.30. The number of nitrogens with one attached hydrogen (secondary N) is 1. The van der Waals surface area contributed by atoms with E-state index in [0.717, 1.165) is 47.7 Å². The molecule has 0 spiro atoms. The second-order valence-corrected chi connectivity index (χ2v) is 7.56. The Kier molecular flexibility index (Phi) is 5.93. The smallest absolute Gasteiger partial charge is 0.228 e. The number of carbonyl (C=O) groups excluding carboxylic acids is 1. The van der Waals surface area contributed by atoms with Crippen molar-refractivity contribution in [3.8, 4) is 0 Å². The van der Waals surface area contributed by atoms with Crippen LogP contribution in [0, 0.1) is 5.92 Å². The molecule has 2 aromatic rings. The molecule has 5 heteroatoms. The summed E-state index contributed by atoms with van der Waals surface area (Å²) < 4.78 is 0.964. The molecule has 0 aliphatic carbocycles. The van der Waals surface area contributed by atoms with Crippen LogP contribution in [0.1, 0.15) is 18.4 Å². The number of halogens is 2. The zero-order chi connectivity index (χ0) is 16.9. The molecule has 126 valence electrons. The minimum Gasteiger partial charge on any atom is -0.326 e. The number of carbonyl (C=O) groups is 1. The van der Waals surface area contributed by atoms with Crippen LogP contribution in [0.4, 0.5) is 5.69 Å². The molecule has 3 nitrogen and oxygen atoms in total. The van der Waals surface area contributed by atoms with Gasteiger partial charge in [-0.25, -0.2) is 0 Å². The molecule has 1 fully saturated rings. The lowest BCUT2D eigenvalue weighted by Gasteiger charge is -2.32. The van der Waals surface area contributed by atoms with Crippen LogP contribution >= 0.6 is 27.5 Å². The van der Waals surface area contributed by atoms with E-state index in [4.69, 9.17) is 11.6 Å². The average molecular weight is 408 g/mol. The van der Waals surface area contributed by atoms with Crippen LogP contribution in [0.15, 0.2) is 53.0 Å². The number of likely N-dealkylation sites (tertiary alicyclic amines) is 1. The number of benzene rings is 2. The Bertz CT molecular complexity index is 722. The summed E-state index contributed by atoms with van der Waals surface area (Å²) in [5, 5.41) is 3.79. The lowest BCUT2D eigenvalue weighted by atomic mass is 9.96. The van der Waals surface area contributed by atoms with Gasteiger partial charge in [0.1, 0.15) is 0 Å². The van der Waals surface area contributed by atoms with Crippen molar-refractivity contribution in [1.82, 2.24) is 4.90 Å². The van der Waals surface area contributed by atoms with Gasteiger partial charge in [0.25, 0.3) is 0 Å². The highest BCUT2D eigenvalue weighted by molar-refractivity contribution is 9.10. The van der Waals surface area contributed by atoms with Gasteiger partial charge in [-0.05, 0) is 55.3 Å². The highest BCUT2D eigenvalue weighted by Crippen LogP contribution is 2.22. The fourth-order valence-corrected chi connectivity index (χ4v) is 3.73. The number of anilines is 1. The maximum Gasteiger partial charge on any atom is 0.228 e. The zero-order valence-electron chi connectivity index (χ0n) is 13.3. The van der Waals surface area contributed by atoms with Crippen molar-refractivity contribution in [3.05, 3.63) is 63.6 Å². The average Bonchev–Trinajstić information content (AvgIpc) is 2.55. The van der Waals surface area contributed by atoms with Gasteiger partial charge in [0.2, 0.25) is 5.91 Å². The van der Waals surface area contributed by atoms with E-state index in [1.165, 1.54) is 5.56 Å². The highest BCUT2D eigenvalue weighted by Gasteiger charge is 2.25. The largest absolute Gasteiger partial charge is 0.326 e. The molecule has 1 heterocycles. The molecule has 1 atom stereocenters. The number of amides is 1. The first-order valence-electron chi connectivity index (χ1n) is 8.13. The summed E-state index contributed by atoms with van der Waals surface area (Å²) in [4.78, 5) is 14.9. The maximum absolute atomic E-state index is 12.6.